The Morgan fingerprint density at radius 1 is 1.26 bits per heavy atom. The molecule has 23 heavy (non-hydrogen) atoms. The third kappa shape index (κ3) is 2.54. The average molecular weight is 345 g/mol. The summed E-state index contributed by atoms with van der Waals surface area (Å²) in [6.45, 7) is 0.162. The van der Waals surface area contributed by atoms with E-state index in [9.17, 15) is 4.79 Å². The SMILES string of the molecule is O=c1c2ccsc2ncn1Cc1nc(-c2ccccc2Cl)no1. The molecule has 0 aliphatic heterocycles. The Bertz CT molecular complexity index is 1050. The lowest BCUT2D eigenvalue weighted by molar-refractivity contribution is 0.369. The van der Waals surface area contributed by atoms with Crippen LogP contribution in [0.25, 0.3) is 21.6 Å². The molecular formula is C15H9ClN4O2S. The third-order valence-corrected chi connectivity index (χ3v) is 4.49. The fourth-order valence-corrected chi connectivity index (χ4v) is 3.17. The van der Waals surface area contributed by atoms with Crippen LogP contribution in [-0.4, -0.2) is 19.7 Å². The van der Waals surface area contributed by atoms with E-state index in [0.29, 0.717) is 32.5 Å². The van der Waals surface area contributed by atoms with Gasteiger partial charge in [-0.2, -0.15) is 4.98 Å². The zero-order valence-electron chi connectivity index (χ0n) is 11.6. The molecule has 114 valence electrons. The second-order valence-corrected chi connectivity index (χ2v) is 6.11. The molecular weight excluding hydrogens is 336 g/mol. The first kappa shape index (κ1) is 14.1. The van der Waals surface area contributed by atoms with Crippen molar-refractivity contribution in [2.45, 2.75) is 6.54 Å². The minimum atomic E-state index is -0.131. The van der Waals surface area contributed by atoms with Gasteiger partial charge in [0.25, 0.3) is 5.56 Å². The van der Waals surface area contributed by atoms with Gasteiger partial charge >= 0.3 is 0 Å². The maximum atomic E-state index is 12.3. The summed E-state index contributed by atoms with van der Waals surface area (Å²) >= 11 is 7.55. The monoisotopic (exact) mass is 344 g/mol. The van der Waals surface area contributed by atoms with Crippen molar-refractivity contribution in [1.29, 1.82) is 0 Å². The van der Waals surface area contributed by atoms with E-state index in [4.69, 9.17) is 16.1 Å². The van der Waals surface area contributed by atoms with Crippen LogP contribution in [0.4, 0.5) is 0 Å². The van der Waals surface area contributed by atoms with Crippen LogP contribution >= 0.6 is 22.9 Å². The number of rotatable bonds is 3. The standard InChI is InChI=1S/C15H9ClN4O2S/c16-11-4-2-1-3-9(11)13-18-12(22-19-13)7-20-8-17-14-10(15(20)21)5-6-23-14/h1-6,8H,7H2. The van der Waals surface area contributed by atoms with Crippen LogP contribution in [0.3, 0.4) is 0 Å². The lowest BCUT2D eigenvalue weighted by atomic mass is 10.2. The second kappa shape index (κ2) is 5.60. The molecule has 0 saturated heterocycles. The molecule has 0 spiro atoms. The van der Waals surface area contributed by atoms with E-state index < -0.39 is 0 Å². The van der Waals surface area contributed by atoms with Crippen molar-refractivity contribution < 1.29 is 4.52 Å². The summed E-state index contributed by atoms with van der Waals surface area (Å²) in [5.74, 6) is 0.710. The van der Waals surface area contributed by atoms with Gasteiger partial charge in [-0.1, -0.05) is 28.9 Å². The molecule has 1 aromatic carbocycles. The van der Waals surface area contributed by atoms with Gasteiger partial charge in [0.05, 0.1) is 16.7 Å². The van der Waals surface area contributed by atoms with Crippen LogP contribution in [0.2, 0.25) is 5.02 Å². The van der Waals surface area contributed by atoms with Gasteiger partial charge in [-0.15, -0.1) is 11.3 Å². The van der Waals surface area contributed by atoms with Gasteiger partial charge in [-0.3, -0.25) is 9.36 Å². The molecule has 0 fully saturated rings. The highest BCUT2D eigenvalue weighted by molar-refractivity contribution is 7.16. The van der Waals surface area contributed by atoms with Crippen molar-refractivity contribution in [3.63, 3.8) is 0 Å². The van der Waals surface area contributed by atoms with Crippen LogP contribution in [0, 0.1) is 0 Å². The first-order valence-electron chi connectivity index (χ1n) is 6.72. The van der Waals surface area contributed by atoms with Crippen molar-refractivity contribution in [1.82, 2.24) is 19.7 Å². The van der Waals surface area contributed by atoms with Crippen molar-refractivity contribution in [3.05, 3.63) is 63.3 Å². The molecule has 0 bridgehead atoms. The van der Waals surface area contributed by atoms with Crippen molar-refractivity contribution in [2.75, 3.05) is 0 Å². The summed E-state index contributed by atoms with van der Waals surface area (Å²) in [5.41, 5.74) is 0.552. The zero-order chi connectivity index (χ0) is 15.8. The summed E-state index contributed by atoms with van der Waals surface area (Å²) in [6, 6.07) is 8.99. The number of fused-ring (bicyclic) bond motifs is 1. The minimum absolute atomic E-state index is 0.131. The fourth-order valence-electron chi connectivity index (χ4n) is 2.22. The van der Waals surface area contributed by atoms with Crippen molar-refractivity contribution in [2.24, 2.45) is 0 Å². The zero-order valence-corrected chi connectivity index (χ0v) is 13.2. The fraction of sp³-hybridized carbons (Fsp3) is 0.0667. The van der Waals surface area contributed by atoms with Crippen LogP contribution in [0.1, 0.15) is 5.89 Å². The molecule has 3 aromatic heterocycles. The quantitative estimate of drug-likeness (QED) is 0.570. The van der Waals surface area contributed by atoms with Crippen LogP contribution in [0.15, 0.2) is 51.4 Å². The molecule has 0 saturated carbocycles. The van der Waals surface area contributed by atoms with Gasteiger partial charge in [-0.25, -0.2) is 4.98 Å². The normalized spacial score (nSPS) is 11.2. The Labute approximate surface area is 139 Å². The van der Waals surface area contributed by atoms with Crippen LogP contribution in [-0.2, 0) is 6.54 Å². The molecule has 0 aliphatic carbocycles. The molecule has 0 atom stereocenters. The molecule has 8 heteroatoms. The van der Waals surface area contributed by atoms with Crippen molar-refractivity contribution >= 4 is 33.2 Å². The maximum Gasteiger partial charge on any atom is 0.262 e. The summed E-state index contributed by atoms with van der Waals surface area (Å²) in [6.07, 6.45) is 1.49. The van der Waals surface area contributed by atoms with Gasteiger partial charge < -0.3 is 4.52 Å². The van der Waals surface area contributed by atoms with E-state index in [1.165, 1.54) is 22.2 Å². The number of aromatic nitrogens is 4. The molecule has 3 heterocycles. The van der Waals surface area contributed by atoms with Crippen molar-refractivity contribution in [3.8, 4) is 11.4 Å². The van der Waals surface area contributed by atoms with E-state index in [1.54, 1.807) is 12.1 Å². The van der Waals surface area contributed by atoms with E-state index in [1.807, 2.05) is 23.6 Å². The number of hydrogen-bond donors (Lipinski definition) is 0. The lowest BCUT2D eigenvalue weighted by Crippen LogP contribution is -2.20. The minimum Gasteiger partial charge on any atom is -0.337 e. The molecule has 0 radical (unpaired) electrons. The number of hydrogen-bond acceptors (Lipinski definition) is 6. The van der Waals surface area contributed by atoms with Gasteiger partial charge in [0.1, 0.15) is 11.4 Å². The third-order valence-electron chi connectivity index (χ3n) is 3.34. The van der Waals surface area contributed by atoms with Gasteiger partial charge in [0, 0.05) is 5.56 Å². The lowest BCUT2D eigenvalue weighted by Gasteiger charge is -2.00. The summed E-state index contributed by atoms with van der Waals surface area (Å²) < 4.78 is 6.67. The Kier molecular flexibility index (Phi) is 3.44. The second-order valence-electron chi connectivity index (χ2n) is 4.81. The van der Waals surface area contributed by atoms with Gasteiger partial charge in [0.2, 0.25) is 11.7 Å². The smallest absolute Gasteiger partial charge is 0.262 e. The molecule has 0 aliphatic rings. The van der Waals surface area contributed by atoms with E-state index in [2.05, 4.69) is 15.1 Å². The Morgan fingerprint density at radius 2 is 2.13 bits per heavy atom. The summed E-state index contributed by atoms with van der Waals surface area (Å²) in [4.78, 5) is 21.6. The maximum absolute atomic E-state index is 12.3. The van der Waals surface area contributed by atoms with Crippen LogP contribution < -0.4 is 5.56 Å². The molecule has 4 rings (SSSR count). The first-order valence-corrected chi connectivity index (χ1v) is 7.98. The Balaban J connectivity index is 1.68. The number of benzene rings is 1. The molecule has 0 unspecified atom stereocenters. The highest BCUT2D eigenvalue weighted by atomic mass is 35.5. The van der Waals surface area contributed by atoms with E-state index >= 15 is 0 Å². The topological polar surface area (TPSA) is 73.8 Å². The summed E-state index contributed by atoms with van der Waals surface area (Å²) in [7, 11) is 0. The predicted octanol–water partition coefficient (Wildman–Crippen LogP) is 3.21. The number of nitrogens with zero attached hydrogens (tertiary/aromatic N) is 4. The van der Waals surface area contributed by atoms with Gasteiger partial charge in [-0.05, 0) is 23.6 Å². The number of halogens is 1. The Morgan fingerprint density at radius 3 is 3.00 bits per heavy atom. The molecule has 0 N–H and O–H groups in total. The molecule has 0 amide bonds. The molecule has 4 aromatic rings. The highest BCUT2D eigenvalue weighted by Crippen LogP contribution is 2.24. The Hall–Kier alpha value is -2.51. The van der Waals surface area contributed by atoms with Gasteiger partial charge in [0.15, 0.2) is 0 Å². The summed E-state index contributed by atoms with van der Waals surface area (Å²) in [5, 5.41) is 6.89. The molecule has 6 nitrogen and oxygen atoms in total. The van der Waals surface area contributed by atoms with Crippen LogP contribution in [0.5, 0.6) is 0 Å². The largest absolute Gasteiger partial charge is 0.337 e. The number of thiophene rings is 1. The van der Waals surface area contributed by atoms with E-state index in [0.717, 1.165) is 0 Å². The highest BCUT2D eigenvalue weighted by Gasteiger charge is 2.13. The average Bonchev–Trinajstić information content (AvgIpc) is 3.20. The van der Waals surface area contributed by atoms with E-state index in [-0.39, 0.29) is 12.1 Å². The predicted molar refractivity (Wildman–Crippen MR) is 87.7 cm³/mol. The first-order chi connectivity index (χ1) is 11.2.